The molecule has 1 heterocycles. The first kappa shape index (κ1) is 12.4. The van der Waals surface area contributed by atoms with Crippen LogP contribution in [0.2, 0.25) is 5.02 Å². The van der Waals surface area contributed by atoms with Gasteiger partial charge in [0.2, 0.25) is 0 Å². The molecular formula is C11H10ClN3O3. The Morgan fingerprint density at radius 3 is 2.39 bits per heavy atom. The molecule has 0 saturated carbocycles. The largest absolute Gasteiger partial charge is 0.399 e. The highest BCUT2D eigenvalue weighted by molar-refractivity contribution is 6.44. The zero-order chi connectivity index (χ0) is 13.4. The van der Waals surface area contributed by atoms with Gasteiger partial charge in [0.1, 0.15) is 0 Å². The quantitative estimate of drug-likeness (QED) is 0.489. The molecule has 1 aromatic carbocycles. The Bertz CT molecular complexity index is 558. The van der Waals surface area contributed by atoms with E-state index in [-0.39, 0.29) is 6.54 Å². The second kappa shape index (κ2) is 4.30. The minimum atomic E-state index is -0.851. The number of amides is 4. The van der Waals surface area contributed by atoms with E-state index in [4.69, 9.17) is 17.3 Å². The van der Waals surface area contributed by atoms with E-state index >= 15 is 0 Å². The molecule has 0 atom stereocenters. The van der Waals surface area contributed by atoms with Crippen LogP contribution in [0.25, 0.3) is 0 Å². The maximum absolute atomic E-state index is 11.7. The van der Waals surface area contributed by atoms with Crippen molar-refractivity contribution in [2.24, 2.45) is 0 Å². The number of anilines is 1. The number of hydrogen-bond acceptors (Lipinski definition) is 4. The molecule has 2 N–H and O–H groups in total. The Balaban J connectivity index is 2.27. The molecule has 2 rings (SSSR count). The molecule has 0 bridgehead atoms. The average molecular weight is 268 g/mol. The molecule has 4 amide bonds. The van der Waals surface area contributed by atoms with Crippen molar-refractivity contribution in [2.75, 3.05) is 12.8 Å². The molecule has 1 aromatic rings. The minimum Gasteiger partial charge on any atom is -0.399 e. The number of hydrogen-bond donors (Lipinski definition) is 1. The predicted octanol–water partition coefficient (Wildman–Crippen LogP) is 0.843. The van der Waals surface area contributed by atoms with Gasteiger partial charge in [-0.2, -0.15) is 0 Å². The number of carbonyl (C=O) groups excluding carboxylic acids is 3. The zero-order valence-corrected chi connectivity index (χ0v) is 10.3. The molecule has 0 aromatic heterocycles. The summed E-state index contributed by atoms with van der Waals surface area (Å²) in [7, 11) is 1.26. The van der Waals surface area contributed by atoms with Crippen LogP contribution in [0, 0.1) is 0 Å². The third-order valence-electron chi connectivity index (χ3n) is 2.66. The molecule has 1 saturated heterocycles. The highest BCUT2D eigenvalue weighted by Gasteiger charge is 2.42. The van der Waals surface area contributed by atoms with E-state index in [1.807, 2.05) is 0 Å². The first-order valence-corrected chi connectivity index (χ1v) is 5.47. The monoisotopic (exact) mass is 267 g/mol. The van der Waals surface area contributed by atoms with Crippen LogP contribution in [0.1, 0.15) is 5.56 Å². The Hall–Kier alpha value is -2.08. The highest BCUT2D eigenvalue weighted by Crippen LogP contribution is 2.22. The number of likely N-dealkylation sites (N-methyl/N-ethyl adjacent to an activating group) is 1. The summed E-state index contributed by atoms with van der Waals surface area (Å²) < 4.78 is 0. The van der Waals surface area contributed by atoms with Crippen LogP contribution in [0.5, 0.6) is 0 Å². The number of nitrogen functional groups attached to an aromatic ring is 1. The van der Waals surface area contributed by atoms with Crippen LogP contribution in [0.4, 0.5) is 10.5 Å². The van der Waals surface area contributed by atoms with Crippen molar-refractivity contribution >= 4 is 35.1 Å². The fraction of sp³-hybridized carbons (Fsp3) is 0.182. The zero-order valence-electron chi connectivity index (χ0n) is 9.51. The number of imide groups is 2. The molecular weight excluding hydrogens is 258 g/mol. The Labute approximate surface area is 108 Å². The number of nitrogens with two attached hydrogens (primary N) is 1. The number of halogens is 1. The molecule has 0 spiro atoms. The van der Waals surface area contributed by atoms with Gasteiger partial charge in [0.05, 0.1) is 6.54 Å². The molecule has 0 aliphatic carbocycles. The maximum Gasteiger partial charge on any atom is 0.334 e. The van der Waals surface area contributed by atoms with E-state index in [0.717, 1.165) is 9.80 Å². The summed E-state index contributed by atoms with van der Waals surface area (Å²) in [4.78, 5) is 36.1. The number of urea groups is 1. The third kappa shape index (κ3) is 1.91. The fourth-order valence-electron chi connectivity index (χ4n) is 1.62. The number of rotatable bonds is 2. The molecule has 18 heavy (non-hydrogen) atoms. The van der Waals surface area contributed by atoms with Crippen molar-refractivity contribution in [1.82, 2.24) is 9.80 Å². The first-order chi connectivity index (χ1) is 8.41. The van der Waals surface area contributed by atoms with Gasteiger partial charge in [0.25, 0.3) is 0 Å². The normalized spacial score (nSPS) is 15.8. The van der Waals surface area contributed by atoms with Gasteiger partial charge < -0.3 is 5.73 Å². The van der Waals surface area contributed by atoms with Crippen LogP contribution in [0.3, 0.4) is 0 Å². The molecule has 1 aliphatic heterocycles. The van der Waals surface area contributed by atoms with Crippen LogP contribution in [0.15, 0.2) is 18.2 Å². The maximum atomic E-state index is 11.7. The van der Waals surface area contributed by atoms with Crippen molar-refractivity contribution in [3.05, 3.63) is 28.8 Å². The lowest BCUT2D eigenvalue weighted by atomic mass is 10.2. The van der Waals surface area contributed by atoms with Crippen LogP contribution in [-0.2, 0) is 16.1 Å². The smallest absolute Gasteiger partial charge is 0.334 e. The lowest BCUT2D eigenvalue weighted by Crippen LogP contribution is -2.31. The average Bonchev–Trinajstić information content (AvgIpc) is 2.50. The second-order valence-electron chi connectivity index (χ2n) is 3.89. The van der Waals surface area contributed by atoms with Crippen molar-refractivity contribution < 1.29 is 14.4 Å². The molecule has 7 heteroatoms. The van der Waals surface area contributed by atoms with Gasteiger partial charge in [-0.3, -0.25) is 19.4 Å². The Morgan fingerprint density at radius 2 is 1.89 bits per heavy atom. The van der Waals surface area contributed by atoms with Gasteiger partial charge in [-0.1, -0.05) is 17.7 Å². The predicted molar refractivity (Wildman–Crippen MR) is 64.6 cm³/mol. The molecule has 0 radical (unpaired) electrons. The molecule has 0 unspecified atom stereocenters. The van der Waals surface area contributed by atoms with E-state index in [0.29, 0.717) is 16.3 Å². The molecule has 1 aliphatic rings. The van der Waals surface area contributed by atoms with E-state index in [9.17, 15) is 14.4 Å². The fourth-order valence-corrected chi connectivity index (χ4v) is 1.86. The lowest BCUT2D eigenvalue weighted by molar-refractivity contribution is -0.143. The van der Waals surface area contributed by atoms with Crippen LogP contribution in [-0.4, -0.2) is 34.7 Å². The lowest BCUT2D eigenvalue weighted by Gasteiger charge is -2.14. The van der Waals surface area contributed by atoms with Crippen molar-refractivity contribution in [3.8, 4) is 0 Å². The van der Waals surface area contributed by atoms with Gasteiger partial charge in [0.15, 0.2) is 0 Å². The van der Waals surface area contributed by atoms with E-state index in [2.05, 4.69) is 0 Å². The summed E-state index contributed by atoms with van der Waals surface area (Å²) in [6.45, 7) is -0.0488. The van der Waals surface area contributed by atoms with E-state index in [1.165, 1.54) is 13.1 Å². The van der Waals surface area contributed by atoms with Crippen LogP contribution < -0.4 is 5.73 Å². The number of carbonyl (C=O) groups is 3. The summed E-state index contributed by atoms with van der Waals surface area (Å²) in [6.07, 6.45) is 0. The van der Waals surface area contributed by atoms with Crippen LogP contribution >= 0.6 is 11.6 Å². The van der Waals surface area contributed by atoms with Gasteiger partial charge in [-0.25, -0.2) is 4.79 Å². The topological polar surface area (TPSA) is 83.7 Å². The molecule has 94 valence electrons. The SMILES string of the molecule is CN1C(=O)C(=O)N(Cc2ccc(N)cc2Cl)C1=O. The van der Waals surface area contributed by atoms with Crippen molar-refractivity contribution in [2.45, 2.75) is 6.54 Å². The van der Waals surface area contributed by atoms with Gasteiger partial charge in [0, 0.05) is 17.8 Å². The Morgan fingerprint density at radius 1 is 1.22 bits per heavy atom. The van der Waals surface area contributed by atoms with E-state index in [1.54, 1.807) is 12.1 Å². The Kier molecular flexibility index (Phi) is 2.96. The van der Waals surface area contributed by atoms with E-state index < -0.39 is 17.8 Å². The number of nitrogens with zero attached hydrogens (tertiary/aromatic N) is 2. The summed E-state index contributed by atoms with van der Waals surface area (Å²) >= 11 is 5.95. The van der Waals surface area contributed by atoms with Gasteiger partial charge >= 0.3 is 17.8 Å². The first-order valence-electron chi connectivity index (χ1n) is 5.09. The minimum absolute atomic E-state index is 0.0488. The molecule has 6 nitrogen and oxygen atoms in total. The summed E-state index contributed by atoms with van der Waals surface area (Å²) in [5, 5.41) is 0.345. The van der Waals surface area contributed by atoms with Crippen molar-refractivity contribution in [1.29, 1.82) is 0 Å². The summed E-state index contributed by atoms with van der Waals surface area (Å²) in [6, 6.07) is 4.09. The highest BCUT2D eigenvalue weighted by atomic mass is 35.5. The number of benzene rings is 1. The van der Waals surface area contributed by atoms with Gasteiger partial charge in [-0.15, -0.1) is 0 Å². The van der Waals surface area contributed by atoms with Gasteiger partial charge in [-0.05, 0) is 17.7 Å². The summed E-state index contributed by atoms with van der Waals surface area (Å²) in [5.74, 6) is -1.69. The van der Waals surface area contributed by atoms with Crippen molar-refractivity contribution in [3.63, 3.8) is 0 Å². The third-order valence-corrected chi connectivity index (χ3v) is 3.01. The second-order valence-corrected chi connectivity index (χ2v) is 4.30. The summed E-state index contributed by atoms with van der Waals surface area (Å²) in [5.41, 5.74) is 6.57. The standard InChI is InChI=1S/C11H10ClN3O3/c1-14-9(16)10(17)15(11(14)18)5-6-2-3-7(13)4-8(6)12/h2-4H,5,13H2,1H3. The molecule has 1 fully saturated rings.